The van der Waals surface area contributed by atoms with Crippen molar-refractivity contribution >= 4 is 23.4 Å². The van der Waals surface area contributed by atoms with Gasteiger partial charge in [0.15, 0.2) is 11.3 Å². The molecule has 1 aliphatic heterocycles. The summed E-state index contributed by atoms with van der Waals surface area (Å²) in [5, 5.41) is 14.7. The molecule has 20 heteroatoms. The molecule has 1 aliphatic carbocycles. The van der Waals surface area contributed by atoms with Gasteiger partial charge < -0.3 is 21.1 Å². The summed E-state index contributed by atoms with van der Waals surface area (Å²) in [4.78, 5) is 38.0. The van der Waals surface area contributed by atoms with Crippen molar-refractivity contribution in [3.05, 3.63) is 41.1 Å². The van der Waals surface area contributed by atoms with Crippen LogP contribution in [-0.2, 0) is 33.2 Å². The van der Waals surface area contributed by atoms with E-state index in [0.717, 1.165) is 6.42 Å². The summed E-state index contributed by atoms with van der Waals surface area (Å²) in [6.07, 6.45) is 0.711. The normalized spacial score (nSPS) is 18.6. The third-order valence-electron chi connectivity index (χ3n) is 6.93. The summed E-state index contributed by atoms with van der Waals surface area (Å²) in [6, 6.07) is -0.314. The van der Waals surface area contributed by atoms with Gasteiger partial charge in [-0.15, -0.1) is 0 Å². The summed E-state index contributed by atoms with van der Waals surface area (Å²) < 4.78 is 99.7. The van der Waals surface area contributed by atoms with E-state index in [1.54, 1.807) is 6.07 Å². The van der Waals surface area contributed by atoms with Gasteiger partial charge >= 0.3 is 6.18 Å². The average molecular weight is 713 g/mol. The Balaban J connectivity index is 0.000000430. The number of carbonyl (C=O) groups excluding carboxylic acids is 3. The zero-order chi connectivity index (χ0) is 37.0. The van der Waals surface area contributed by atoms with Gasteiger partial charge in [0, 0.05) is 32.8 Å². The topological polar surface area (TPSA) is 180 Å². The molecule has 2 atom stereocenters. The minimum absolute atomic E-state index is 0.0139. The van der Waals surface area contributed by atoms with Crippen LogP contribution in [0.2, 0.25) is 0 Å². The second-order valence-electron chi connectivity index (χ2n) is 11.0. The molecule has 4 N–H and O–H groups in total. The molecule has 1 saturated heterocycles. The van der Waals surface area contributed by atoms with Crippen LogP contribution in [0.25, 0.3) is 5.65 Å². The Morgan fingerprint density at radius 1 is 1.14 bits per heavy atom. The number of primary amides is 1. The number of imidazole rings is 1. The molecule has 0 spiro atoms. The molecule has 13 nitrogen and oxygen atoms in total. The molecule has 5 rings (SSSR count). The van der Waals surface area contributed by atoms with Crippen molar-refractivity contribution in [1.82, 2.24) is 35.5 Å². The molecule has 1 saturated carbocycles. The largest absolute Gasteiger partial charge is 0.408 e. The molecule has 0 radical (unpaired) electrons. The molecule has 274 valence electrons. The monoisotopic (exact) mass is 712 g/mol. The number of aromatic nitrogens is 5. The lowest BCUT2D eigenvalue weighted by Crippen LogP contribution is -2.38. The molecular formula is C29H39F7N8O5. The first-order valence-corrected chi connectivity index (χ1v) is 15.2. The van der Waals surface area contributed by atoms with Crippen LogP contribution in [-0.4, -0.2) is 74.5 Å². The SMILES string of the molecule is CC.CC(F)(F)c1nonc1C(=O)NCc1cn2ncc(C[C@H]3CC(C(F)(F)F)NC3=O)cc2n1.COCC(N)=O.FC1(F)CCCCC1. The number of rotatable bonds is 8. The zero-order valence-electron chi connectivity index (χ0n) is 27.3. The van der Waals surface area contributed by atoms with E-state index in [-0.39, 0.29) is 38.8 Å². The Labute approximate surface area is 276 Å². The summed E-state index contributed by atoms with van der Waals surface area (Å²) in [5.74, 6) is -8.65. The van der Waals surface area contributed by atoms with Gasteiger partial charge in [0.1, 0.15) is 12.6 Å². The maximum Gasteiger partial charge on any atom is 0.408 e. The molecule has 49 heavy (non-hydrogen) atoms. The molecule has 0 aromatic carbocycles. The van der Waals surface area contributed by atoms with Gasteiger partial charge in [0.2, 0.25) is 23.4 Å². The highest BCUT2D eigenvalue weighted by molar-refractivity contribution is 5.93. The van der Waals surface area contributed by atoms with Gasteiger partial charge in [0.05, 0.1) is 24.6 Å². The van der Waals surface area contributed by atoms with Gasteiger partial charge in [-0.1, -0.05) is 20.3 Å². The first kappa shape index (κ1) is 40.8. The van der Waals surface area contributed by atoms with Crippen LogP contribution >= 0.6 is 0 Å². The molecule has 3 amide bonds. The quantitative estimate of drug-likeness (QED) is 0.284. The van der Waals surface area contributed by atoms with Crippen molar-refractivity contribution in [2.45, 2.75) is 96.3 Å². The predicted octanol–water partition coefficient (Wildman–Crippen LogP) is 4.49. The highest BCUT2D eigenvalue weighted by Gasteiger charge is 2.47. The summed E-state index contributed by atoms with van der Waals surface area (Å²) in [7, 11) is 1.42. The minimum atomic E-state index is -4.51. The van der Waals surface area contributed by atoms with Crippen molar-refractivity contribution in [3.63, 3.8) is 0 Å². The smallest absolute Gasteiger partial charge is 0.375 e. The minimum Gasteiger partial charge on any atom is -0.375 e. The highest BCUT2D eigenvalue weighted by Crippen LogP contribution is 2.33. The molecule has 1 unspecified atom stereocenters. The third kappa shape index (κ3) is 12.9. The van der Waals surface area contributed by atoms with Gasteiger partial charge in [-0.25, -0.2) is 22.9 Å². The van der Waals surface area contributed by atoms with Crippen molar-refractivity contribution in [2.24, 2.45) is 11.7 Å². The fraction of sp³-hybridized carbons (Fsp3) is 0.621. The van der Waals surface area contributed by atoms with Crippen molar-refractivity contribution in [2.75, 3.05) is 13.7 Å². The van der Waals surface area contributed by atoms with Gasteiger partial charge in [-0.05, 0) is 47.6 Å². The number of carbonyl (C=O) groups is 3. The van der Waals surface area contributed by atoms with E-state index in [1.165, 1.54) is 24.0 Å². The number of methoxy groups -OCH3 is 1. The second-order valence-corrected chi connectivity index (χ2v) is 11.0. The van der Waals surface area contributed by atoms with Crippen LogP contribution in [0.3, 0.4) is 0 Å². The number of hydrogen-bond donors (Lipinski definition) is 3. The standard InChI is InChI=1S/C18H16F5N7O3.C6H10F2.C3H7NO2.C2H6/c1-17(19,20)14-13(28-33-29-14)16(32)24-6-10-7-30-12(26-10)3-8(5-25-30)2-9-4-11(18(21,22)23)27-15(9)31;7-6(8)4-2-1-3-5-6;1-6-2-3(4)5;1-2/h3,5,7,9,11H,2,4,6H2,1H3,(H,24,32)(H,27,31);1-5H2;2H2,1H3,(H2,4,5);1-2H3/t9-,11?;;;/m0.../s1. The summed E-state index contributed by atoms with van der Waals surface area (Å²) >= 11 is 0. The fourth-order valence-corrected chi connectivity index (χ4v) is 4.67. The molecule has 2 fully saturated rings. The van der Waals surface area contributed by atoms with E-state index < -0.39 is 59.1 Å². The second kappa shape index (κ2) is 17.9. The Morgan fingerprint density at radius 3 is 2.29 bits per heavy atom. The van der Waals surface area contributed by atoms with Crippen molar-refractivity contribution in [3.8, 4) is 0 Å². The van der Waals surface area contributed by atoms with Crippen molar-refractivity contribution in [1.29, 1.82) is 0 Å². The van der Waals surface area contributed by atoms with Crippen LogP contribution in [0.15, 0.2) is 23.1 Å². The lowest BCUT2D eigenvalue weighted by molar-refractivity contribution is -0.154. The number of nitrogens with zero attached hydrogens (tertiary/aromatic N) is 5. The predicted molar refractivity (Wildman–Crippen MR) is 158 cm³/mol. The van der Waals surface area contributed by atoms with Crippen LogP contribution in [0.1, 0.15) is 86.7 Å². The van der Waals surface area contributed by atoms with E-state index in [0.29, 0.717) is 36.7 Å². The highest BCUT2D eigenvalue weighted by atomic mass is 19.4. The van der Waals surface area contributed by atoms with E-state index in [1.807, 2.05) is 19.2 Å². The van der Waals surface area contributed by atoms with Crippen LogP contribution < -0.4 is 16.4 Å². The molecular weight excluding hydrogens is 673 g/mol. The summed E-state index contributed by atoms with van der Waals surface area (Å²) in [6.45, 7) is 4.41. The average Bonchev–Trinajstić information content (AvgIpc) is 3.76. The van der Waals surface area contributed by atoms with Crippen LogP contribution in [0.4, 0.5) is 30.7 Å². The number of halogens is 7. The number of amides is 3. The Hall–Kier alpha value is -4.36. The van der Waals surface area contributed by atoms with E-state index in [2.05, 4.69) is 40.8 Å². The Kier molecular flexibility index (Phi) is 14.9. The third-order valence-corrected chi connectivity index (χ3v) is 6.93. The lowest BCUT2D eigenvalue weighted by Gasteiger charge is -2.20. The lowest BCUT2D eigenvalue weighted by atomic mass is 9.97. The maximum absolute atomic E-state index is 13.5. The molecule has 2 aliphatic rings. The van der Waals surface area contributed by atoms with E-state index in [9.17, 15) is 45.1 Å². The van der Waals surface area contributed by atoms with E-state index in [4.69, 9.17) is 0 Å². The zero-order valence-corrected chi connectivity index (χ0v) is 27.3. The van der Waals surface area contributed by atoms with Gasteiger partial charge in [-0.3, -0.25) is 14.4 Å². The Morgan fingerprint density at radius 2 is 1.80 bits per heavy atom. The fourth-order valence-electron chi connectivity index (χ4n) is 4.67. The number of nitrogens with one attached hydrogen (secondary N) is 2. The van der Waals surface area contributed by atoms with Crippen LogP contribution in [0, 0.1) is 5.92 Å². The van der Waals surface area contributed by atoms with Gasteiger partial charge in [-0.2, -0.15) is 27.1 Å². The van der Waals surface area contributed by atoms with Crippen molar-refractivity contribution < 1.29 is 54.5 Å². The number of ether oxygens (including phenoxy) is 1. The van der Waals surface area contributed by atoms with Gasteiger partial charge in [0.25, 0.3) is 11.8 Å². The molecule has 4 heterocycles. The molecule has 3 aromatic heterocycles. The molecule has 3 aromatic rings. The number of nitrogens with two attached hydrogens (primary N) is 1. The maximum atomic E-state index is 13.5. The summed E-state index contributed by atoms with van der Waals surface area (Å²) in [5.41, 5.74) is 4.25. The number of hydrogen-bond acceptors (Lipinski definition) is 9. The molecule has 0 bridgehead atoms. The number of fused-ring (bicyclic) bond motifs is 1. The first-order chi connectivity index (χ1) is 22.9. The van der Waals surface area contributed by atoms with E-state index >= 15 is 0 Å². The number of alkyl halides is 7. The van der Waals surface area contributed by atoms with Crippen LogP contribution in [0.5, 0.6) is 0 Å². The first-order valence-electron chi connectivity index (χ1n) is 15.2. The Bertz CT molecular complexity index is 1520.